The third kappa shape index (κ3) is 3.54. The molecule has 3 fully saturated rings. The first kappa shape index (κ1) is 18.3. The van der Waals surface area contributed by atoms with Gasteiger partial charge in [-0.2, -0.15) is 0 Å². The molecule has 6 nitrogen and oxygen atoms in total. The van der Waals surface area contributed by atoms with Gasteiger partial charge in [0.05, 0.1) is 0 Å². The lowest BCUT2D eigenvalue weighted by Gasteiger charge is -2.47. The second-order valence-corrected chi connectivity index (χ2v) is 8.86. The average Bonchev–Trinajstić information content (AvgIpc) is 3.49. The molecule has 1 spiro atoms. The average molecular weight is 371 g/mol. The van der Waals surface area contributed by atoms with Crippen LogP contribution in [0.5, 0.6) is 0 Å². The zero-order valence-electron chi connectivity index (χ0n) is 16.3. The van der Waals surface area contributed by atoms with Gasteiger partial charge in [-0.1, -0.05) is 13.8 Å². The Bertz CT molecular complexity index is 801. The van der Waals surface area contributed by atoms with E-state index in [4.69, 9.17) is 0 Å². The van der Waals surface area contributed by atoms with Gasteiger partial charge in [0, 0.05) is 37.8 Å². The minimum atomic E-state index is -0.297. The number of amides is 2. The topological polar surface area (TPSA) is 73.5 Å². The van der Waals surface area contributed by atoms with E-state index in [0.29, 0.717) is 31.5 Å². The van der Waals surface area contributed by atoms with Crippen LogP contribution in [-0.4, -0.2) is 52.3 Å². The van der Waals surface area contributed by atoms with E-state index in [9.17, 15) is 14.4 Å². The summed E-state index contributed by atoms with van der Waals surface area (Å²) in [7, 11) is 0. The van der Waals surface area contributed by atoms with E-state index in [1.54, 1.807) is 6.07 Å². The fourth-order valence-electron chi connectivity index (χ4n) is 4.52. The lowest BCUT2D eigenvalue weighted by atomic mass is 9.72. The van der Waals surface area contributed by atoms with Gasteiger partial charge in [-0.25, -0.2) is 0 Å². The first-order chi connectivity index (χ1) is 12.9. The minimum absolute atomic E-state index is 0.154. The van der Waals surface area contributed by atoms with E-state index < -0.39 is 0 Å². The number of nitrogens with one attached hydrogen (secondary N) is 1. The van der Waals surface area contributed by atoms with E-state index in [1.807, 2.05) is 24.8 Å². The second-order valence-electron chi connectivity index (χ2n) is 8.86. The number of rotatable bonds is 3. The fraction of sp³-hybridized carbons (Fsp3) is 0.667. The molecule has 3 heterocycles. The Labute approximate surface area is 159 Å². The number of H-pyrrole nitrogens is 1. The Morgan fingerprint density at radius 2 is 1.85 bits per heavy atom. The lowest BCUT2D eigenvalue weighted by molar-refractivity contribution is -0.139. The van der Waals surface area contributed by atoms with Crippen molar-refractivity contribution < 1.29 is 9.59 Å². The van der Waals surface area contributed by atoms with E-state index in [-0.39, 0.29) is 28.4 Å². The van der Waals surface area contributed by atoms with Gasteiger partial charge >= 0.3 is 0 Å². The maximum Gasteiger partial charge on any atom is 0.261 e. The highest BCUT2D eigenvalue weighted by Crippen LogP contribution is 2.43. The Hall–Kier alpha value is -2.11. The largest absolute Gasteiger partial charge is 0.339 e. The van der Waals surface area contributed by atoms with Gasteiger partial charge in [0.25, 0.3) is 11.5 Å². The Morgan fingerprint density at radius 1 is 1.15 bits per heavy atom. The molecule has 1 aliphatic carbocycles. The Balaban J connectivity index is 1.42. The molecule has 0 atom stereocenters. The number of hydrogen-bond donors (Lipinski definition) is 1. The van der Waals surface area contributed by atoms with Crippen molar-refractivity contribution in [3.63, 3.8) is 0 Å². The number of likely N-dealkylation sites (tertiary alicyclic amines) is 2. The highest BCUT2D eigenvalue weighted by molar-refractivity contribution is 5.94. The molecule has 146 valence electrons. The number of pyridine rings is 1. The number of aromatic amines is 1. The van der Waals surface area contributed by atoms with Gasteiger partial charge in [-0.05, 0) is 55.6 Å². The van der Waals surface area contributed by atoms with Crippen LogP contribution in [0.4, 0.5) is 0 Å². The Kier molecular flexibility index (Phi) is 4.60. The van der Waals surface area contributed by atoms with Crippen LogP contribution in [-0.2, 0) is 4.79 Å². The van der Waals surface area contributed by atoms with Crippen molar-refractivity contribution in [3.05, 3.63) is 33.7 Å². The molecule has 0 unspecified atom stereocenters. The van der Waals surface area contributed by atoms with Crippen LogP contribution in [0.25, 0.3) is 0 Å². The van der Waals surface area contributed by atoms with Gasteiger partial charge in [0.1, 0.15) is 5.56 Å². The van der Waals surface area contributed by atoms with E-state index in [0.717, 1.165) is 44.3 Å². The second kappa shape index (κ2) is 6.80. The van der Waals surface area contributed by atoms with Gasteiger partial charge in [-0.3, -0.25) is 14.4 Å². The van der Waals surface area contributed by atoms with Crippen molar-refractivity contribution in [1.82, 2.24) is 14.8 Å². The van der Waals surface area contributed by atoms with Crippen LogP contribution < -0.4 is 5.56 Å². The van der Waals surface area contributed by atoms with Crippen molar-refractivity contribution >= 4 is 11.8 Å². The van der Waals surface area contributed by atoms with E-state index in [1.165, 1.54) is 0 Å². The standard InChI is InChI=1S/C21H29N3O3/c1-14(2)17-6-5-16(19(26)22-17)20(27)23-11-9-21(10-12-23)8-7-18(25)24(13-21)15-3-4-15/h5-6,14-15H,3-4,7-13H2,1-2H3,(H,22,26). The number of carbonyl (C=O) groups excluding carboxylic acids is 2. The summed E-state index contributed by atoms with van der Waals surface area (Å²) in [4.78, 5) is 44.1. The number of hydrogen-bond acceptors (Lipinski definition) is 3. The summed E-state index contributed by atoms with van der Waals surface area (Å²) in [6, 6.07) is 3.97. The van der Waals surface area contributed by atoms with Crippen LogP contribution >= 0.6 is 0 Å². The van der Waals surface area contributed by atoms with Gasteiger partial charge in [-0.15, -0.1) is 0 Å². The van der Waals surface area contributed by atoms with Gasteiger partial charge in [0.2, 0.25) is 5.91 Å². The van der Waals surface area contributed by atoms with E-state index in [2.05, 4.69) is 9.88 Å². The molecule has 2 aliphatic heterocycles. The predicted molar refractivity (Wildman–Crippen MR) is 103 cm³/mol. The number of aromatic nitrogens is 1. The third-order valence-corrected chi connectivity index (χ3v) is 6.58. The molecule has 1 aromatic rings. The molecule has 0 bridgehead atoms. The molecular formula is C21H29N3O3. The summed E-state index contributed by atoms with van der Waals surface area (Å²) < 4.78 is 0. The first-order valence-corrected chi connectivity index (χ1v) is 10.2. The monoisotopic (exact) mass is 371 g/mol. The smallest absolute Gasteiger partial charge is 0.261 e. The normalized spacial score (nSPS) is 22.6. The summed E-state index contributed by atoms with van der Waals surface area (Å²) >= 11 is 0. The maximum atomic E-state index is 12.8. The Morgan fingerprint density at radius 3 is 2.44 bits per heavy atom. The van der Waals surface area contributed by atoms with E-state index >= 15 is 0 Å². The van der Waals surface area contributed by atoms with Crippen molar-refractivity contribution in [2.75, 3.05) is 19.6 Å². The van der Waals surface area contributed by atoms with Crippen LogP contribution in [0.3, 0.4) is 0 Å². The molecule has 6 heteroatoms. The van der Waals surface area contributed by atoms with Crippen LogP contribution in [0.15, 0.2) is 16.9 Å². The molecule has 3 aliphatic rings. The third-order valence-electron chi connectivity index (χ3n) is 6.58. The van der Waals surface area contributed by atoms with Crippen LogP contribution in [0.2, 0.25) is 0 Å². The fourth-order valence-corrected chi connectivity index (χ4v) is 4.52. The summed E-state index contributed by atoms with van der Waals surface area (Å²) in [5.41, 5.74) is 0.936. The first-order valence-electron chi connectivity index (χ1n) is 10.2. The molecular weight excluding hydrogens is 342 g/mol. The summed E-state index contributed by atoms with van der Waals surface area (Å²) in [6.07, 6.45) is 5.68. The van der Waals surface area contributed by atoms with Crippen LogP contribution in [0, 0.1) is 5.41 Å². The minimum Gasteiger partial charge on any atom is -0.339 e. The highest BCUT2D eigenvalue weighted by atomic mass is 16.2. The number of carbonyl (C=O) groups is 2. The molecule has 2 amide bonds. The molecule has 2 saturated heterocycles. The molecule has 4 rings (SSSR count). The van der Waals surface area contributed by atoms with Crippen molar-refractivity contribution in [2.45, 2.75) is 64.3 Å². The quantitative estimate of drug-likeness (QED) is 0.887. The van der Waals surface area contributed by atoms with Crippen molar-refractivity contribution in [2.24, 2.45) is 5.41 Å². The molecule has 27 heavy (non-hydrogen) atoms. The molecule has 1 aromatic heterocycles. The molecule has 0 aromatic carbocycles. The summed E-state index contributed by atoms with van der Waals surface area (Å²) in [5.74, 6) is 0.353. The zero-order valence-corrected chi connectivity index (χ0v) is 16.3. The predicted octanol–water partition coefficient (Wildman–Crippen LogP) is 2.51. The van der Waals surface area contributed by atoms with Gasteiger partial charge in [0.15, 0.2) is 0 Å². The molecule has 1 N–H and O–H groups in total. The lowest BCUT2D eigenvalue weighted by Crippen LogP contribution is -2.53. The van der Waals surface area contributed by atoms with Crippen molar-refractivity contribution in [3.8, 4) is 0 Å². The summed E-state index contributed by atoms with van der Waals surface area (Å²) in [6.45, 7) is 6.20. The number of piperidine rings is 2. The SMILES string of the molecule is CC(C)c1ccc(C(=O)N2CCC3(CCC(=O)N(C4CC4)C3)CC2)c(=O)[nH]1. The van der Waals surface area contributed by atoms with Crippen molar-refractivity contribution in [1.29, 1.82) is 0 Å². The number of nitrogens with zero attached hydrogens (tertiary/aromatic N) is 2. The van der Waals surface area contributed by atoms with Crippen LogP contribution in [0.1, 0.15) is 74.3 Å². The highest BCUT2D eigenvalue weighted by Gasteiger charge is 2.45. The zero-order chi connectivity index (χ0) is 19.2. The molecule has 1 saturated carbocycles. The molecule has 0 radical (unpaired) electrons. The summed E-state index contributed by atoms with van der Waals surface area (Å²) in [5, 5.41) is 0. The maximum absolute atomic E-state index is 12.8. The van der Waals surface area contributed by atoms with Gasteiger partial charge < -0.3 is 14.8 Å².